The number of nitrogens with one attached hydrogen (secondary N) is 1. The first kappa shape index (κ1) is 23.4. The summed E-state index contributed by atoms with van der Waals surface area (Å²) in [5.41, 5.74) is 2.20. The zero-order valence-electron chi connectivity index (χ0n) is 18.3. The van der Waals surface area contributed by atoms with Gasteiger partial charge in [0.05, 0.1) is 11.8 Å². The lowest BCUT2D eigenvalue weighted by atomic mass is 10.0. The third-order valence-corrected chi connectivity index (χ3v) is 6.54. The van der Waals surface area contributed by atoms with E-state index in [1.54, 1.807) is 11.8 Å². The largest absolute Gasteiger partial charge is 0.445 e. The van der Waals surface area contributed by atoms with Crippen molar-refractivity contribution in [1.29, 1.82) is 0 Å². The number of carbonyl (C=O) groups is 2. The van der Waals surface area contributed by atoms with Crippen LogP contribution in [-0.2, 0) is 21.9 Å². The van der Waals surface area contributed by atoms with Crippen LogP contribution in [0.1, 0.15) is 31.4 Å². The van der Waals surface area contributed by atoms with Crippen LogP contribution >= 0.6 is 11.8 Å². The van der Waals surface area contributed by atoms with Crippen molar-refractivity contribution in [2.45, 2.75) is 43.9 Å². The number of Topliss-reactive ketones (excluding diaryl/α,β-unsaturated/α-hetero) is 1. The number of benzene rings is 2. The minimum atomic E-state index is -0.407. The Morgan fingerprint density at radius 1 is 1.10 bits per heavy atom. The number of likely N-dealkylation sites (tertiary alicyclic amines) is 1. The Hall–Kier alpha value is -2.31. The number of ether oxygens (including phenoxy) is 1. The third kappa shape index (κ3) is 8.04. The molecule has 1 saturated heterocycles. The third-order valence-electron chi connectivity index (χ3n) is 5.23. The van der Waals surface area contributed by atoms with Gasteiger partial charge in [-0.15, -0.1) is 11.8 Å². The number of carbonyl (C=O) groups excluding carboxylic acids is 2. The summed E-state index contributed by atoms with van der Waals surface area (Å²) in [4.78, 5) is 27.0. The van der Waals surface area contributed by atoms with E-state index in [9.17, 15) is 9.59 Å². The molecule has 0 saturated carbocycles. The van der Waals surface area contributed by atoms with Crippen molar-refractivity contribution >= 4 is 23.6 Å². The quantitative estimate of drug-likeness (QED) is 0.589. The highest BCUT2D eigenvalue weighted by Crippen LogP contribution is 2.24. The molecule has 2 aromatic carbocycles. The number of nitrogens with zero attached hydrogens (tertiary/aromatic N) is 1. The van der Waals surface area contributed by atoms with Gasteiger partial charge in [-0.05, 0) is 23.5 Å². The molecule has 2 atom stereocenters. The summed E-state index contributed by atoms with van der Waals surface area (Å²) in [6, 6.07) is 19.8. The van der Waals surface area contributed by atoms with Crippen molar-refractivity contribution in [2.24, 2.45) is 5.92 Å². The van der Waals surface area contributed by atoms with E-state index in [1.165, 1.54) is 5.56 Å². The van der Waals surface area contributed by atoms with Gasteiger partial charge < -0.3 is 10.1 Å². The van der Waals surface area contributed by atoms with Crippen LogP contribution in [0.2, 0.25) is 0 Å². The monoisotopic (exact) mass is 440 g/mol. The van der Waals surface area contributed by atoms with Crippen LogP contribution in [0.5, 0.6) is 0 Å². The van der Waals surface area contributed by atoms with Gasteiger partial charge in [0.25, 0.3) is 0 Å². The number of hydrogen-bond acceptors (Lipinski definition) is 5. The number of alkyl carbamates (subject to hydrolysis) is 1. The average Bonchev–Trinajstić information content (AvgIpc) is 3.10. The van der Waals surface area contributed by atoms with E-state index in [4.69, 9.17) is 4.74 Å². The summed E-state index contributed by atoms with van der Waals surface area (Å²) in [5, 5.41) is 3.00. The van der Waals surface area contributed by atoms with Gasteiger partial charge >= 0.3 is 6.09 Å². The molecule has 1 aliphatic rings. The predicted octanol–water partition coefficient (Wildman–Crippen LogP) is 4.51. The van der Waals surface area contributed by atoms with Gasteiger partial charge in [0.2, 0.25) is 0 Å². The van der Waals surface area contributed by atoms with Crippen LogP contribution in [0.4, 0.5) is 4.79 Å². The van der Waals surface area contributed by atoms with Gasteiger partial charge in [-0.2, -0.15) is 0 Å². The molecule has 5 nitrogen and oxygen atoms in total. The highest BCUT2D eigenvalue weighted by Gasteiger charge is 2.32. The highest BCUT2D eigenvalue weighted by atomic mass is 32.2. The molecule has 0 bridgehead atoms. The Morgan fingerprint density at radius 2 is 1.74 bits per heavy atom. The summed E-state index contributed by atoms with van der Waals surface area (Å²) in [6.07, 6.45) is 0.433. The number of hydrogen-bond donors (Lipinski definition) is 1. The number of rotatable bonds is 10. The zero-order valence-corrected chi connectivity index (χ0v) is 19.1. The van der Waals surface area contributed by atoms with E-state index >= 15 is 0 Å². The molecule has 1 heterocycles. The number of amides is 1. The second kappa shape index (κ2) is 11.9. The second-order valence-corrected chi connectivity index (χ2v) is 9.67. The predicted molar refractivity (Wildman–Crippen MR) is 126 cm³/mol. The molecule has 1 aliphatic heterocycles. The van der Waals surface area contributed by atoms with Crippen molar-refractivity contribution in [2.75, 3.05) is 19.6 Å². The van der Waals surface area contributed by atoms with Crippen molar-refractivity contribution in [3.63, 3.8) is 0 Å². The van der Waals surface area contributed by atoms with Crippen molar-refractivity contribution < 1.29 is 14.3 Å². The fourth-order valence-electron chi connectivity index (χ4n) is 3.77. The maximum absolute atomic E-state index is 12.5. The van der Waals surface area contributed by atoms with Gasteiger partial charge in [-0.25, -0.2) is 4.79 Å². The fraction of sp³-hybridized carbons (Fsp3) is 0.440. The van der Waals surface area contributed by atoms with E-state index in [0.29, 0.717) is 19.0 Å². The van der Waals surface area contributed by atoms with Crippen molar-refractivity contribution in [3.05, 3.63) is 71.8 Å². The molecule has 0 aliphatic carbocycles. The summed E-state index contributed by atoms with van der Waals surface area (Å²) in [5.74, 6) is 1.54. The van der Waals surface area contributed by atoms with Crippen LogP contribution in [0.3, 0.4) is 0 Å². The lowest BCUT2D eigenvalue weighted by Gasteiger charge is -2.25. The Balaban J connectivity index is 1.48. The standard InChI is InChI=1S/C25H32N2O3S/c1-19(2)13-22(26-25(29)30-17-20-9-5-3-6-10-20)14-27-15-23(28)24(16-27)31-18-21-11-7-4-8-12-21/h3-12,19,22,24H,13-18H2,1-2H3,(H,26,29). The molecular formula is C25H32N2O3S. The first-order chi connectivity index (χ1) is 15.0. The van der Waals surface area contributed by atoms with E-state index in [0.717, 1.165) is 24.3 Å². The fourth-order valence-corrected chi connectivity index (χ4v) is 4.93. The molecule has 3 rings (SSSR count). The molecule has 0 aromatic heterocycles. The molecule has 6 heteroatoms. The first-order valence-electron chi connectivity index (χ1n) is 10.9. The van der Waals surface area contributed by atoms with Gasteiger partial charge in [0.15, 0.2) is 5.78 Å². The van der Waals surface area contributed by atoms with Crippen LogP contribution in [-0.4, -0.2) is 47.7 Å². The van der Waals surface area contributed by atoms with Crippen molar-refractivity contribution in [1.82, 2.24) is 10.2 Å². The molecule has 31 heavy (non-hydrogen) atoms. The Kier molecular flexibility index (Phi) is 8.98. The maximum atomic E-state index is 12.5. The lowest BCUT2D eigenvalue weighted by molar-refractivity contribution is -0.116. The molecule has 1 fully saturated rings. The SMILES string of the molecule is CC(C)CC(CN1CC(=O)C(SCc2ccccc2)C1)NC(=O)OCc1ccccc1. The van der Waals surface area contributed by atoms with E-state index in [1.807, 2.05) is 48.5 Å². The molecular weight excluding hydrogens is 408 g/mol. The second-order valence-electron chi connectivity index (χ2n) is 8.48. The van der Waals surface area contributed by atoms with E-state index in [2.05, 4.69) is 36.2 Å². The van der Waals surface area contributed by atoms with Crippen molar-refractivity contribution in [3.8, 4) is 0 Å². The van der Waals surface area contributed by atoms with E-state index in [-0.39, 0.29) is 23.7 Å². The highest BCUT2D eigenvalue weighted by molar-refractivity contribution is 7.99. The molecule has 166 valence electrons. The van der Waals surface area contributed by atoms with E-state index < -0.39 is 6.09 Å². The van der Waals surface area contributed by atoms with Crippen LogP contribution in [0.15, 0.2) is 60.7 Å². The van der Waals surface area contributed by atoms with Gasteiger partial charge in [0.1, 0.15) is 6.61 Å². The topological polar surface area (TPSA) is 58.6 Å². The normalized spacial score (nSPS) is 17.6. The summed E-state index contributed by atoms with van der Waals surface area (Å²) in [6.45, 7) is 6.36. The van der Waals surface area contributed by atoms with Crippen LogP contribution < -0.4 is 5.32 Å². The molecule has 1 amide bonds. The molecule has 2 aromatic rings. The number of ketones is 1. The smallest absolute Gasteiger partial charge is 0.407 e. The summed E-state index contributed by atoms with van der Waals surface area (Å²) < 4.78 is 5.39. The lowest BCUT2D eigenvalue weighted by Crippen LogP contribution is -2.44. The number of thioether (sulfide) groups is 1. The first-order valence-corrected chi connectivity index (χ1v) is 11.9. The Bertz CT molecular complexity index is 829. The summed E-state index contributed by atoms with van der Waals surface area (Å²) >= 11 is 1.71. The van der Waals surface area contributed by atoms with Gasteiger partial charge in [-0.1, -0.05) is 74.5 Å². The molecule has 0 radical (unpaired) electrons. The summed E-state index contributed by atoms with van der Waals surface area (Å²) in [7, 11) is 0. The van der Waals surface area contributed by atoms with Gasteiger partial charge in [0, 0.05) is 24.9 Å². The molecule has 0 spiro atoms. The molecule has 1 N–H and O–H groups in total. The van der Waals surface area contributed by atoms with Crippen LogP contribution in [0.25, 0.3) is 0 Å². The Morgan fingerprint density at radius 3 is 2.39 bits per heavy atom. The van der Waals surface area contributed by atoms with Gasteiger partial charge in [-0.3, -0.25) is 9.69 Å². The minimum absolute atomic E-state index is 0.00932. The van der Waals surface area contributed by atoms with Crippen LogP contribution in [0, 0.1) is 5.92 Å². The Labute approximate surface area is 189 Å². The minimum Gasteiger partial charge on any atom is -0.445 e. The molecule has 2 unspecified atom stereocenters. The zero-order chi connectivity index (χ0) is 22.1. The average molecular weight is 441 g/mol. The maximum Gasteiger partial charge on any atom is 0.407 e.